The Labute approximate surface area is 97.7 Å². The van der Waals surface area contributed by atoms with E-state index in [2.05, 4.69) is 4.98 Å². The second kappa shape index (κ2) is 4.94. The van der Waals surface area contributed by atoms with Gasteiger partial charge >= 0.3 is 0 Å². The molecule has 0 saturated heterocycles. The molecule has 0 bridgehead atoms. The van der Waals surface area contributed by atoms with E-state index in [0.717, 1.165) is 5.56 Å². The highest BCUT2D eigenvalue weighted by molar-refractivity contribution is 6.29. The lowest BCUT2D eigenvalue weighted by atomic mass is 10.3. The topological polar surface area (TPSA) is 22.1 Å². The van der Waals surface area contributed by atoms with Crippen LogP contribution in [0.25, 0.3) is 0 Å². The number of hydrogen-bond acceptors (Lipinski definition) is 2. The summed E-state index contributed by atoms with van der Waals surface area (Å²) in [6.07, 6.45) is 1.60. The second-order valence-electron chi connectivity index (χ2n) is 3.23. The maximum absolute atomic E-state index is 12.8. The van der Waals surface area contributed by atoms with Crippen LogP contribution < -0.4 is 4.74 Å². The van der Waals surface area contributed by atoms with Gasteiger partial charge in [-0.2, -0.15) is 0 Å². The highest BCUT2D eigenvalue weighted by Gasteiger charge is 1.98. The van der Waals surface area contributed by atoms with Gasteiger partial charge in [0.1, 0.15) is 23.3 Å². The van der Waals surface area contributed by atoms with E-state index < -0.39 is 0 Å². The third-order valence-electron chi connectivity index (χ3n) is 1.99. The first-order valence-corrected chi connectivity index (χ1v) is 5.10. The summed E-state index contributed by atoms with van der Waals surface area (Å²) in [5.41, 5.74) is 0.893. The summed E-state index contributed by atoms with van der Waals surface area (Å²) in [6.45, 7) is 0.339. The number of benzene rings is 1. The molecule has 16 heavy (non-hydrogen) atoms. The molecule has 2 rings (SSSR count). The zero-order valence-corrected chi connectivity index (χ0v) is 9.12. The van der Waals surface area contributed by atoms with Crippen LogP contribution in [0.15, 0.2) is 42.6 Å². The minimum atomic E-state index is -0.315. The summed E-state index contributed by atoms with van der Waals surface area (Å²) >= 11 is 5.73. The molecule has 0 radical (unpaired) electrons. The van der Waals surface area contributed by atoms with Gasteiger partial charge in [-0.1, -0.05) is 17.7 Å². The zero-order chi connectivity index (χ0) is 11.4. The van der Waals surface area contributed by atoms with Crippen LogP contribution in [0.5, 0.6) is 5.75 Å². The maximum atomic E-state index is 12.8. The van der Waals surface area contributed by atoms with Gasteiger partial charge in [0, 0.05) is 12.3 Å². The lowest BCUT2D eigenvalue weighted by Gasteiger charge is -2.06. The minimum Gasteiger partial charge on any atom is -0.489 e. The summed E-state index contributed by atoms with van der Waals surface area (Å²) in [4.78, 5) is 3.86. The fraction of sp³-hybridized carbons (Fsp3) is 0.0833. The Kier molecular flexibility index (Phi) is 3.37. The van der Waals surface area contributed by atoms with Crippen LogP contribution in [-0.2, 0) is 6.61 Å². The molecule has 0 spiro atoms. The Bertz CT molecular complexity index is 444. The van der Waals surface area contributed by atoms with E-state index in [1.54, 1.807) is 30.5 Å². The number of rotatable bonds is 3. The third-order valence-corrected chi connectivity index (χ3v) is 2.20. The highest BCUT2D eigenvalue weighted by atomic mass is 35.5. The first-order valence-electron chi connectivity index (χ1n) is 4.73. The molecule has 4 heteroatoms. The lowest BCUT2D eigenvalue weighted by molar-refractivity contribution is 0.304. The van der Waals surface area contributed by atoms with Gasteiger partial charge in [-0.15, -0.1) is 0 Å². The van der Waals surface area contributed by atoms with Gasteiger partial charge in [-0.3, -0.25) is 0 Å². The normalized spacial score (nSPS) is 10.1. The number of pyridine rings is 1. The van der Waals surface area contributed by atoms with E-state index in [0.29, 0.717) is 17.5 Å². The zero-order valence-electron chi connectivity index (χ0n) is 8.36. The minimum absolute atomic E-state index is 0.315. The van der Waals surface area contributed by atoms with Gasteiger partial charge in [0.2, 0.25) is 0 Å². The molecule has 0 unspecified atom stereocenters. The number of halogens is 2. The van der Waals surface area contributed by atoms with Crippen molar-refractivity contribution in [3.63, 3.8) is 0 Å². The lowest BCUT2D eigenvalue weighted by Crippen LogP contribution is -1.95. The number of aromatic nitrogens is 1. The highest BCUT2D eigenvalue weighted by Crippen LogP contribution is 2.15. The predicted octanol–water partition coefficient (Wildman–Crippen LogP) is 3.45. The van der Waals surface area contributed by atoms with Crippen molar-refractivity contribution < 1.29 is 9.13 Å². The second-order valence-corrected chi connectivity index (χ2v) is 3.62. The molecule has 2 nitrogen and oxygen atoms in total. The molecule has 0 saturated carbocycles. The number of nitrogens with zero attached hydrogens (tertiary/aromatic N) is 1. The largest absolute Gasteiger partial charge is 0.489 e. The fourth-order valence-corrected chi connectivity index (χ4v) is 1.45. The van der Waals surface area contributed by atoms with Gasteiger partial charge in [0.15, 0.2) is 0 Å². The Morgan fingerprint density at radius 2 is 2.12 bits per heavy atom. The quantitative estimate of drug-likeness (QED) is 0.763. The number of hydrogen-bond donors (Lipinski definition) is 0. The van der Waals surface area contributed by atoms with E-state index >= 15 is 0 Å². The Hall–Kier alpha value is -1.61. The van der Waals surface area contributed by atoms with Crippen LogP contribution in [0, 0.1) is 5.82 Å². The standard InChI is InChI=1S/C12H9ClFNO/c13-12-6-9(4-5-15-12)8-16-11-3-1-2-10(14)7-11/h1-7H,8H2. The molecule has 1 aromatic heterocycles. The maximum Gasteiger partial charge on any atom is 0.129 e. The Balaban J connectivity index is 2.02. The van der Waals surface area contributed by atoms with Crippen LogP contribution in [0.1, 0.15) is 5.56 Å². The summed E-state index contributed by atoms with van der Waals surface area (Å²) in [5, 5.41) is 0.417. The van der Waals surface area contributed by atoms with Gasteiger partial charge in [0.25, 0.3) is 0 Å². The first kappa shape index (κ1) is 10.9. The van der Waals surface area contributed by atoms with Crippen molar-refractivity contribution in [2.45, 2.75) is 6.61 Å². The molecular weight excluding hydrogens is 229 g/mol. The molecular formula is C12H9ClFNO. The van der Waals surface area contributed by atoms with Crippen molar-refractivity contribution >= 4 is 11.6 Å². The summed E-state index contributed by atoms with van der Waals surface area (Å²) in [7, 11) is 0. The van der Waals surface area contributed by atoms with Gasteiger partial charge in [-0.25, -0.2) is 9.37 Å². The Morgan fingerprint density at radius 3 is 2.88 bits per heavy atom. The van der Waals surface area contributed by atoms with Gasteiger partial charge < -0.3 is 4.74 Å². The van der Waals surface area contributed by atoms with E-state index in [1.807, 2.05) is 0 Å². The molecule has 2 aromatic rings. The predicted molar refractivity (Wildman–Crippen MR) is 60.0 cm³/mol. The average molecular weight is 238 g/mol. The summed E-state index contributed by atoms with van der Waals surface area (Å²) in [6, 6.07) is 9.51. The van der Waals surface area contributed by atoms with Crippen LogP contribution in [-0.4, -0.2) is 4.98 Å². The molecule has 0 aliphatic heterocycles. The van der Waals surface area contributed by atoms with E-state index in [4.69, 9.17) is 16.3 Å². The van der Waals surface area contributed by atoms with Gasteiger partial charge in [0.05, 0.1) is 0 Å². The fourth-order valence-electron chi connectivity index (χ4n) is 1.26. The molecule has 0 aliphatic rings. The molecule has 0 N–H and O–H groups in total. The van der Waals surface area contributed by atoms with Crippen molar-refractivity contribution in [2.24, 2.45) is 0 Å². The summed E-state index contributed by atoms with van der Waals surface area (Å²) < 4.78 is 18.2. The van der Waals surface area contributed by atoms with Crippen LogP contribution in [0.2, 0.25) is 5.15 Å². The van der Waals surface area contributed by atoms with E-state index in [1.165, 1.54) is 12.1 Å². The van der Waals surface area contributed by atoms with Crippen molar-refractivity contribution in [3.05, 3.63) is 59.1 Å². The molecule has 0 aliphatic carbocycles. The monoisotopic (exact) mass is 237 g/mol. The summed E-state index contributed by atoms with van der Waals surface area (Å²) in [5.74, 6) is 0.179. The Morgan fingerprint density at radius 1 is 1.25 bits per heavy atom. The molecule has 82 valence electrons. The SMILES string of the molecule is Fc1cccc(OCc2ccnc(Cl)c2)c1. The molecule has 1 heterocycles. The van der Waals surface area contributed by atoms with E-state index in [9.17, 15) is 4.39 Å². The van der Waals surface area contributed by atoms with Crippen molar-refractivity contribution in [2.75, 3.05) is 0 Å². The van der Waals surface area contributed by atoms with Crippen molar-refractivity contribution in [1.82, 2.24) is 4.98 Å². The first-order chi connectivity index (χ1) is 7.74. The average Bonchev–Trinajstić information content (AvgIpc) is 2.27. The van der Waals surface area contributed by atoms with Crippen LogP contribution >= 0.6 is 11.6 Å². The van der Waals surface area contributed by atoms with Crippen LogP contribution in [0.4, 0.5) is 4.39 Å². The molecule has 0 atom stereocenters. The third kappa shape index (κ3) is 2.94. The van der Waals surface area contributed by atoms with Crippen molar-refractivity contribution in [3.8, 4) is 5.75 Å². The molecule has 0 fully saturated rings. The van der Waals surface area contributed by atoms with Crippen molar-refractivity contribution in [1.29, 1.82) is 0 Å². The molecule has 0 amide bonds. The molecule has 1 aromatic carbocycles. The number of ether oxygens (including phenoxy) is 1. The van der Waals surface area contributed by atoms with Gasteiger partial charge in [-0.05, 0) is 29.8 Å². The van der Waals surface area contributed by atoms with Crippen LogP contribution in [0.3, 0.4) is 0 Å². The smallest absolute Gasteiger partial charge is 0.129 e. The van der Waals surface area contributed by atoms with E-state index in [-0.39, 0.29) is 5.82 Å².